The number of ether oxygens (including phenoxy) is 1. The second-order valence-electron chi connectivity index (χ2n) is 3.96. The molecule has 0 radical (unpaired) electrons. The van der Waals surface area contributed by atoms with Crippen molar-refractivity contribution in [1.29, 1.82) is 0 Å². The first-order chi connectivity index (χ1) is 8.81. The van der Waals surface area contributed by atoms with Gasteiger partial charge in [0.05, 0.1) is 7.11 Å². The van der Waals surface area contributed by atoms with Gasteiger partial charge in [0, 0.05) is 35.4 Å². The normalized spacial score (nSPS) is 10.6. The first-order valence-electron chi connectivity index (χ1n) is 6.04. The predicted molar refractivity (Wildman–Crippen MR) is 80.0 cm³/mol. The Bertz CT molecular complexity index is 530. The summed E-state index contributed by atoms with van der Waals surface area (Å²) in [6, 6.07) is 8.08. The minimum Gasteiger partial charge on any atom is -0.496 e. The number of halogens is 1. The Morgan fingerprint density at radius 2 is 2.11 bits per heavy atom. The number of benzene rings is 1. The van der Waals surface area contributed by atoms with Crippen molar-refractivity contribution in [1.82, 2.24) is 4.98 Å². The molecule has 0 aliphatic rings. The van der Waals surface area contributed by atoms with Crippen LogP contribution >= 0.6 is 15.9 Å². The Morgan fingerprint density at radius 1 is 1.28 bits per heavy atom. The molecule has 0 amide bonds. The third-order valence-electron chi connectivity index (χ3n) is 3.00. The van der Waals surface area contributed by atoms with Crippen LogP contribution in [0.5, 0.6) is 5.75 Å². The van der Waals surface area contributed by atoms with E-state index in [1.807, 2.05) is 24.4 Å². The molecule has 18 heavy (non-hydrogen) atoms. The Labute approximate surface area is 116 Å². The molecule has 2 rings (SSSR count). The van der Waals surface area contributed by atoms with Crippen LogP contribution in [-0.4, -0.2) is 30.5 Å². The molecule has 0 bridgehead atoms. The largest absolute Gasteiger partial charge is 0.496 e. The van der Waals surface area contributed by atoms with Crippen LogP contribution in [0.2, 0.25) is 0 Å². The van der Waals surface area contributed by atoms with Crippen molar-refractivity contribution in [3.8, 4) is 5.75 Å². The van der Waals surface area contributed by atoms with E-state index in [9.17, 15) is 0 Å². The highest BCUT2D eigenvalue weighted by Crippen LogP contribution is 2.30. The number of hydrogen-bond donors (Lipinski definition) is 0. The molecular weight excluding hydrogens is 292 g/mol. The highest BCUT2D eigenvalue weighted by molar-refractivity contribution is 9.09. The lowest BCUT2D eigenvalue weighted by molar-refractivity contribution is 0.420. The number of aromatic nitrogens is 1. The van der Waals surface area contributed by atoms with Gasteiger partial charge in [-0.25, -0.2) is 4.98 Å². The Balaban J connectivity index is 2.57. The summed E-state index contributed by atoms with van der Waals surface area (Å²) in [7, 11) is 1.70. The van der Waals surface area contributed by atoms with Crippen LogP contribution in [-0.2, 0) is 0 Å². The highest BCUT2D eigenvalue weighted by Gasteiger charge is 2.11. The van der Waals surface area contributed by atoms with Crippen LogP contribution in [0, 0.1) is 0 Å². The smallest absolute Gasteiger partial charge is 0.136 e. The molecule has 0 saturated heterocycles. The number of hydrogen-bond acceptors (Lipinski definition) is 3. The monoisotopic (exact) mass is 308 g/mol. The van der Waals surface area contributed by atoms with E-state index in [2.05, 4.69) is 38.8 Å². The lowest BCUT2D eigenvalue weighted by atomic mass is 10.1. The standard InChI is InChI=1S/C14H17BrN2O/c1-3-17(10-8-15)14-12-5-4-6-13(18-2)11(12)7-9-16-14/h4-7,9H,3,8,10H2,1-2H3. The zero-order chi connectivity index (χ0) is 13.0. The van der Waals surface area contributed by atoms with Gasteiger partial charge in [0.15, 0.2) is 0 Å². The van der Waals surface area contributed by atoms with Crippen LogP contribution in [0.3, 0.4) is 0 Å². The average molecular weight is 309 g/mol. The molecule has 1 heterocycles. The summed E-state index contributed by atoms with van der Waals surface area (Å²) in [5.41, 5.74) is 0. The van der Waals surface area contributed by atoms with E-state index in [1.54, 1.807) is 7.11 Å². The van der Waals surface area contributed by atoms with Crippen LogP contribution in [0.4, 0.5) is 5.82 Å². The Hall–Kier alpha value is -1.29. The second-order valence-corrected chi connectivity index (χ2v) is 4.75. The SMILES string of the molecule is CCN(CCBr)c1nccc2c(OC)cccc12. The first kappa shape index (κ1) is 13.1. The van der Waals surface area contributed by atoms with Gasteiger partial charge in [0.25, 0.3) is 0 Å². The number of rotatable bonds is 5. The van der Waals surface area contributed by atoms with Gasteiger partial charge in [-0.2, -0.15) is 0 Å². The Morgan fingerprint density at radius 3 is 2.78 bits per heavy atom. The predicted octanol–water partition coefficient (Wildman–Crippen LogP) is 3.46. The van der Waals surface area contributed by atoms with Crippen molar-refractivity contribution in [2.24, 2.45) is 0 Å². The molecule has 2 aromatic rings. The third-order valence-corrected chi connectivity index (χ3v) is 3.36. The van der Waals surface area contributed by atoms with Crippen molar-refractivity contribution in [3.05, 3.63) is 30.5 Å². The van der Waals surface area contributed by atoms with E-state index < -0.39 is 0 Å². The first-order valence-corrected chi connectivity index (χ1v) is 7.16. The summed E-state index contributed by atoms with van der Waals surface area (Å²) < 4.78 is 5.40. The van der Waals surface area contributed by atoms with Gasteiger partial charge < -0.3 is 9.64 Å². The van der Waals surface area contributed by atoms with Gasteiger partial charge in [-0.05, 0) is 19.1 Å². The molecular formula is C14H17BrN2O. The van der Waals surface area contributed by atoms with Crippen LogP contribution < -0.4 is 9.64 Å². The van der Waals surface area contributed by atoms with E-state index in [-0.39, 0.29) is 0 Å². The summed E-state index contributed by atoms with van der Waals surface area (Å²) in [4.78, 5) is 6.78. The number of pyridine rings is 1. The maximum atomic E-state index is 5.40. The number of fused-ring (bicyclic) bond motifs is 1. The van der Waals surface area contributed by atoms with Gasteiger partial charge in [-0.15, -0.1) is 0 Å². The summed E-state index contributed by atoms with van der Waals surface area (Å²) >= 11 is 3.49. The number of nitrogens with zero attached hydrogens (tertiary/aromatic N) is 2. The lowest BCUT2D eigenvalue weighted by Gasteiger charge is -2.22. The van der Waals surface area contributed by atoms with Crippen LogP contribution in [0.25, 0.3) is 10.8 Å². The van der Waals surface area contributed by atoms with E-state index in [4.69, 9.17) is 4.74 Å². The fourth-order valence-corrected chi connectivity index (χ4v) is 2.54. The van der Waals surface area contributed by atoms with Gasteiger partial charge in [-0.1, -0.05) is 28.1 Å². The molecule has 0 spiro atoms. The quantitative estimate of drug-likeness (QED) is 0.791. The van der Waals surface area contributed by atoms with Crippen LogP contribution in [0.1, 0.15) is 6.92 Å². The molecule has 96 valence electrons. The molecule has 4 heteroatoms. The third kappa shape index (κ3) is 2.43. The molecule has 0 aliphatic heterocycles. The van der Waals surface area contributed by atoms with Gasteiger partial charge in [0.2, 0.25) is 0 Å². The molecule has 0 aliphatic carbocycles. The van der Waals surface area contributed by atoms with Gasteiger partial charge in [0.1, 0.15) is 11.6 Å². The average Bonchev–Trinajstić information content (AvgIpc) is 2.43. The fraction of sp³-hybridized carbons (Fsp3) is 0.357. The molecule has 0 atom stereocenters. The van der Waals surface area contributed by atoms with Crippen molar-refractivity contribution in [3.63, 3.8) is 0 Å². The minimum absolute atomic E-state index is 0.894. The number of anilines is 1. The number of methoxy groups -OCH3 is 1. The molecule has 1 aromatic carbocycles. The molecule has 0 unspecified atom stereocenters. The lowest BCUT2D eigenvalue weighted by Crippen LogP contribution is -2.25. The molecule has 0 fully saturated rings. The Kier molecular flexibility index (Phi) is 4.42. The zero-order valence-corrected chi connectivity index (χ0v) is 12.3. The fourth-order valence-electron chi connectivity index (χ4n) is 2.11. The van der Waals surface area contributed by atoms with Crippen molar-refractivity contribution < 1.29 is 4.74 Å². The maximum Gasteiger partial charge on any atom is 0.136 e. The number of alkyl halides is 1. The zero-order valence-electron chi connectivity index (χ0n) is 10.7. The maximum absolute atomic E-state index is 5.40. The summed E-state index contributed by atoms with van der Waals surface area (Å²) in [5.74, 6) is 1.92. The molecule has 3 nitrogen and oxygen atoms in total. The summed E-state index contributed by atoms with van der Waals surface area (Å²) in [5, 5.41) is 3.18. The van der Waals surface area contributed by atoms with E-state index in [0.29, 0.717) is 0 Å². The summed E-state index contributed by atoms with van der Waals surface area (Å²) in [6.07, 6.45) is 1.84. The molecule has 0 saturated carbocycles. The van der Waals surface area contributed by atoms with Crippen molar-refractivity contribution in [2.45, 2.75) is 6.92 Å². The van der Waals surface area contributed by atoms with Crippen LogP contribution in [0.15, 0.2) is 30.5 Å². The van der Waals surface area contributed by atoms with Gasteiger partial charge >= 0.3 is 0 Å². The van der Waals surface area contributed by atoms with E-state index >= 15 is 0 Å². The topological polar surface area (TPSA) is 25.4 Å². The molecule has 0 N–H and O–H groups in total. The summed E-state index contributed by atoms with van der Waals surface area (Å²) in [6.45, 7) is 4.03. The molecule has 1 aromatic heterocycles. The second kappa shape index (κ2) is 6.05. The highest BCUT2D eigenvalue weighted by atomic mass is 79.9. The minimum atomic E-state index is 0.894. The van der Waals surface area contributed by atoms with E-state index in [1.165, 1.54) is 0 Å². The van der Waals surface area contributed by atoms with E-state index in [0.717, 1.165) is 40.8 Å². The van der Waals surface area contributed by atoms with Crippen molar-refractivity contribution in [2.75, 3.05) is 30.4 Å². The van der Waals surface area contributed by atoms with Crippen molar-refractivity contribution >= 4 is 32.5 Å². The van der Waals surface area contributed by atoms with Gasteiger partial charge in [-0.3, -0.25) is 0 Å².